The molecular weight excluding hydrogens is 330 g/mol. The van der Waals surface area contributed by atoms with Gasteiger partial charge in [0.05, 0.1) is 22.6 Å². The van der Waals surface area contributed by atoms with Gasteiger partial charge in [-0.2, -0.15) is 0 Å². The van der Waals surface area contributed by atoms with Crippen LogP contribution >= 0.6 is 22.9 Å². The van der Waals surface area contributed by atoms with Crippen LogP contribution in [0.3, 0.4) is 0 Å². The maximum absolute atomic E-state index is 5.84. The Hall–Kier alpha value is -1.92. The van der Waals surface area contributed by atoms with E-state index in [9.17, 15) is 0 Å². The molecule has 1 aliphatic heterocycles. The normalized spacial score (nSPS) is 14.6. The number of hydrogen-bond donors (Lipinski definition) is 1. The van der Waals surface area contributed by atoms with Gasteiger partial charge in [-0.1, -0.05) is 12.1 Å². The molecule has 0 bridgehead atoms. The molecule has 118 valence electrons. The Morgan fingerprint density at radius 1 is 1.09 bits per heavy atom. The van der Waals surface area contributed by atoms with Crippen molar-refractivity contribution >= 4 is 50.7 Å². The monoisotopic (exact) mass is 345 g/mol. The number of fused-ring (bicyclic) bond motifs is 1. The fraction of sp³-hybridized carbons (Fsp3) is 0.312. The topological polar surface area (TPSA) is 53.9 Å². The summed E-state index contributed by atoms with van der Waals surface area (Å²) in [4.78, 5) is 16.4. The van der Waals surface area contributed by atoms with Gasteiger partial charge in [-0.25, -0.2) is 15.0 Å². The van der Waals surface area contributed by atoms with Gasteiger partial charge in [0, 0.05) is 18.5 Å². The summed E-state index contributed by atoms with van der Waals surface area (Å²) in [6.45, 7) is 2.04. The highest BCUT2D eigenvalue weighted by atomic mass is 35.5. The molecule has 0 spiro atoms. The van der Waals surface area contributed by atoms with E-state index >= 15 is 0 Å². The highest BCUT2D eigenvalue weighted by molar-refractivity contribution is 7.13. The van der Waals surface area contributed by atoms with Crippen molar-refractivity contribution in [2.24, 2.45) is 0 Å². The van der Waals surface area contributed by atoms with Crippen LogP contribution < -0.4 is 10.2 Å². The number of benzene rings is 1. The zero-order chi connectivity index (χ0) is 15.6. The summed E-state index contributed by atoms with van der Waals surface area (Å²) >= 11 is 7.37. The second-order valence-electron chi connectivity index (χ2n) is 5.48. The lowest BCUT2D eigenvalue weighted by atomic mass is 10.3. The lowest BCUT2D eigenvalue weighted by Gasteiger charge is -2.20. The summed E-state index contributed by atoms with van der Waals surface area (Å²) < 4.78 is 0. The largest absolute Gasteiger partial charge is 0.354 e. The summed E-state index contributed by atoms with van der Waals surface area (Å²) in [5, 5.41) is 6.08. The van der Waals surface area contributed by atoms with E-state index in [0.717, 1.165) is 46.6 Å². The number of nitrogens with one attached hydrogen (secondary N) is 1. The summed E-state index contributed by atoms with van der Waals surface area (Å²) in [6, 6.07) is 7.95. The van der Waals surface area contributed by atoms with Crippen LogP contribution in [-0.4, -0.2) is 28.0 Å². The third-order valence-corrected chi connectivity index (χ3v) is 4.95. The van der Waals surface area contributed by atoms with Crippen molar-refractivity contribution in [2.45, 2.75) is 18.7 Å². The second kappa shape index (κ2) is 6.29. The minimum Gasteiger partial charge on any atom is -0.354 e. The number of aromatic nitrogens is 3. The van der Waals surface area contributed by atoms with Gasteiger partial charge in [0.2, 0.25) is 0 Å². The van der Waals surface area contributed by atoms with Crippen molar-refractivity contribution in [3.63, 3.8) is 0 Å². The van der Waals surface area contributed by atoms with E-state index in [0.29, 0.717) is 5.88 Å². The Morgan fingerprint density at radius 2 is 1.83 bits per heavy atom. The molecule has 0 saturated carbocycles. The van der Waals surface area contributed by atoms with Gasteiger partial charge in [0.25, 0.3) is 0 Å². The molecule has 1 fully saturated rings. The van der Waals surface area contributed by atoms with Crippen molar-refractivity contribution in [3.05, 3.63) is 35.3 Å². The fourth-order valence-corrected chi connectivity index (χ4v) is 3.69. The van der Waals surface area contributed by atoms with Gasteiger partial charge in [0.1, 0.15) is 0 Å². The Kier molecular flexibility index (Phi) is 4.01. The van der Waals surface area contributed by atoms with Crippen molar-refractivity contribution in [1.82, 2.24) is 15.0 Å². The standard InChI is InChI=1S/C16H16ClN5S/c17-9-11-10-23-16(18-11)21-14-15(22-7-3-4-8-22)20-13-6-2-1-5-12(13)19-14/h1-2,5-6,10H,3-4,7-9H2,(H,18,19,21). The lowest BCUT2D eigenvalue weighted by Crippen LogP contribution is -2.21. The van der Waals surface area contributed by atoms with E-state index in [-0.39, 0.29) is 0 Å². The summed E-state index contributed by atoms with van der Waals surface area (Å²) in [5.74, 6) is 2.09. The number of thiazole rings is 1. The molecule has 0 atom stereocenters. The molecule has 3 aromatic rings. The molecule has 2 aromatic heterocycles. The first-order valence-corrected chi connectivity index (χ1v) is 9.04. The molecular formula is C16H16ClN5S. The minimum atomic E-state index is 0.417. The molecule has 0 unspecified atom stereocenters. The van der Waals surface area contributed by atoms with Crippen molar-refractivity contribution in [2.75, 3.05) is 23.3 Å². The number of alkyl halides is 1. The third kappa shape index (κ3) is 2.96. The van der Waals surface area contributed by atoms with Gasteiger partial charge in [-0.3, -0.25) is 0 Å². The molecule has 7 heteroatoms. The average molecular weight is 346 g/mol. The molecule has 0 amide bonds. The van der Waals surface area contributed by atoms with Crippen LogP contribution in [0.1, 0.15) is 18.5 Å². The third-order valence-electron chi connectivity index (χ3n) is 3.87. The first-order valence-electron chi connectivity index (χ1n) is 7.62. The number of nitrogens with zero attached hydrogens (tertiary/aromatic N) is 4. The molecule has 3 heterocycles. The Balaban J connectivity index is 1.76. The van der Waals surface area contributed by atoms with Gasteiger partial charge in [-0.15, -0.1) is 22.9 Å². The van der Waals surface area contributed by atoms with Gasteiger partial charge in [0.15, 0.2) is 16.8 Å². The Morgan fingerprint density at radius 3 is 2.52 bits per heavy atom. The van der Waals surface area contributed by atoms with Crippen LogP contribution in [-0.2, 0) is 5.88 Å². The Labute approximate surface area is 143 Å². The molecule has 1 N–H and O–H groups in total. The Bertz CT molecular complexity index is 828. The highest BCUT2D eigenvalue weighted by Crippen LogP contribution is 2.31. The van der Waals surface area contributed by atoms with Gasteiger partial charge in [-0.05, 0) is 25.0 Å². The smallest absolute Gasteiger partial charge is 0.188 e. The van der Waals surface area contributed by atoms with E-state index in [1.54, 1.807) is 0 Å². The van der Waals surface area contributed by atoms with Crippen LogP contribution in [0.4, 0.5) is 16.8 Å². The minimum absolute atomic E-state index is 0.417. The molecule has 1 aromatic carbocycles. The first kappa shape index (κ1) is 14.7. The molecule has 23 heavy (non-hydrogen) atoms. The lowest BCUT2D eigenvalue weighted by molar-refractivity contribution is 0.938. The van der Waals surface area contributed by atoms with E-state index in [1.807, 2.05) is 29.6 Å². The second-order valence-corrected chi connectivity index (χ2v) is 6.61. The van der Waals surface area contributed by atoms with Gasteiger partial charge < -0.3 is 10.2 Å². The number of hydrogen-bond acceptors (Lipinski definition) is 6. The van der Waals surface area contributed by atoms with E-state index < -0.39 is 0 Å². The maximum atomic E-state index is 5.84. The van der Waals surface area contributed by atoms with Crippen LogP contribution in [0.5, 0.6) is 0 Å². The molecule has 1 saturated heterocycles. The number of rotatable bonds is 4. The van der Waals surface area contributed by atoms with Crippen LogP contribution in [0.25, 0.3) is 11.0 Å². The molecule has 5 nitrogen and oxygen atoms in total. The molecule has 0 radical (unpaired) electrons. The number of anilines is 3. The zero-order valence-electron chi connectivity index (χ0n) is 12.5. The van der Waals surface area contributed by atoms with Crippen LogP contribution in [0.15, 0.2) is 29.6 Å². The van der Waals surface area contributed by atoms with E-state index in [2.05, 4.69) is 15.2 Å². The highest BCUT2D eigenvalue weighted by Gasteiger charge is 2.20. The predicted molar refractivity (Wildman–Crippen MR) is 95.9 cm³/mol. The summed E-state index contributed by atoms with van der Waals surface area (Å²) in [5.41, 5.74) is 2.67. The number of halogens is 1. The molecule has 0 aliphatic carbocycles. The SMILES string of the molecule is ClCc1csc(Nc2nc3ccccc3nc2N2CCCC2)n1. The predicted octanol–water partition coefficient (Wildman–Crippen LogP) is 4.17. The van der Waals surface area contributed by atoms with Crippen molar-refractivity contribution in [1.29, 1.82) is 0 Å². The fourth-order valence-electron chi connectivity index (χ4n) is 2.75. The van der Waals surface area contributed by atoms with Crippen LogP contribution in [0.2, 0.25) is 0 Å². The number of para-hydroxylation sites is 2. The zero-order valence-corrected chi connectivity index (χ0v) is 14.1. The summed E-state index contributed by atoms with van der Waals surface area (Å²) in [6.07, 6.45) is 2.39. The quantitative estimate of drug-likeness (QED) is 0.719. The summed E-state index contributed by atoms with van der Waals surface area (Å²) in [7, 11) is 0. The first-order chi connectivity index (χ1) is 11.3. The van der Waals surface area contributed by atoms with E-state index in [1.165, 1.54) is 24.2 Å². The van der Waals surface area contributed by atoms with Gasteiger partial charge >= 0.3 is 0 Å². The van der Waals surface area contributed by atoms with Crippen LogP contribution in [0, 0.1) is 0 Å². The van der Waals surface area contributed by atoms with Crippen molar-refractivity contribution < 1.29 is 0 Å². The molecule has 4 rings (SSSR count). The molecule has 1 aliphatic rings. The van der Waals surface area contributed by atoms with Crippen molar-refractivity contribution in [3.8, 4) is 0 Å². The average Bonchev–Trinajstić information content (AvgIpc) is 3.26. The van der Waals surface area contributed by atoms with E-state index in [4.69, 9.17) is 21.6 Å². The maximum Gasteiger partial charge on any atom is 0.188 e.